The molecular formula is C20H20F4N2O6S. The van der Waals surface area contributed by atoms with Crippen LogP contribution in [0.25, 0.3) is 0 Å². The van der Waals surface area contributed by atoms with Gasteiger partial charge in [-0.1, -0.05) is 0 Å². The van der Waals surface area contributed by atoms with E-state index >= 15 is 0 Å². The molecule has 2 aromatic rings. The number of carbonyl (C=O) groups is 1. The average molecular weight is 492 g/mol. The summed E-state index contributed by atoms with van der Waals surface area (Å²) in [5.74, 6) is -0.568. The lowest BCUT2D eigenvalue weighted by Crippen LogP contribution is -2.48. The fraction of sp³-hybridized carbons (Fsp3) is 0.350. The predicted octanol–water partition coefficient (Wildman–Crippen LogP) is 3.66. The number of carbonyl (C=O) groups excluding carboxylic acids is 1. The molecule has 2 aromatic carbocycles. The van der Waals surface area contributed by atoms with Gasteiger partial charge in [0.2, 0.25) is 5.60 Å². The zero-order chi connectivity index (χ0) is 24.6. The van der Waals surface area contributed by atoms with Crippen LogP contribution in [0.1, 0.15) is 13.8 Å². The number of sulfonamides is 1. The van der Waals surface area contributed by atoms with Crippen LogP contribution < -0.4 is 14.4 Å². The summed E-state index contributed by atoms with van der Waals surface area (Å²) < 4.78 is 89.5. The molecular weight excluding hydrogens is 472 g/mol. The molecule has 1 atom stereocenters. The topological polar surface area (TPSA) is 105 Å². The van der Waals surface area contributed by atoms with Crippen molar-refractivity contribution in [2.75, 3.05) is 22.8 Å². The third kappa shape index (κ3) is 4.98. The van der Waals surface area contributed by atoms with Gasteiger partial charge < -0.3 is 14.6 Å². The first-order valence-electron chi connectivity index (χ1n) is 9.51. The third-order valence-electron chi connectivity index (χ3n) is 4.82. The Morgan fingerprint density at radius 2 is 1.85 bits per heavy atom. The zero-order valence-electron chi connectivity index (χ0n) is 17.4. The molecule has 0 radical (unpaired) electrons. The summed E-state index contributed by atoms with van der Waals surface area (Å²) in [4.78, 5) is 11.8. The number of fused-ring (bicyclic) bond motifs is 1. The first-order valence-corrected chi connectivity index (χ1v) is 10.9. The number of anilines is 2. The van der Waals surface area contributed by atoms with Gasteiger partial charge in [0.25, 0.3) is 10.0 Å². The normalized spacial score (nSPS) is 16.6. The van der Waals surface area contributed by atoms with Crippen molar-refractivity contribution < 1.29 is 45.4 Å². The number of rotatable bonds is 5. The van der Waals surface area contributed by atoms with E-state index in [1.54, 1.807) is 0 Å². The van der Waals surface area contributed by atoms with Crippen molar-refractivity contribution in [3.05, 3.63) is 48.3 Å². The van der Waals surface area contributed by atoms with Gasteiger partial charge in [-0.3, -0.25) is 9.62 Å². The van der Waals surface area contributed by atoms with E-state index in [0.717, 1.165) is 34.6 Å². The van der Waals surface area contributed by atoms with Crippen LogP contribution in [-0.4, -0.2) is 50.7 Å². The Balaban J connectivity index is 1.96. The summed E-state index contributed by atoms with van der Waals surface area (Å²) in [7, 11) is -4.31. The number of hydrogen-bond acceptors (Lipinski definition) is 6. The lowest BCUT2D eigenvalue weighted by atomic mass is 10.1. The lowest BCUT2D eigenvalue weighted by Gasteiger charge is -2.36. The highest BCUT2D eigenvalue weighted by Gasteiger charge is 2.51. The average Bonchev–Trinajstić information content (AvgIpc) is 2.71. The molecule has 33 heavy (non-hydrogen) atoms. The molecule has 2 N–H and O–H groups in total. The smallest absolute Gasteiger partial charge is 0.427 e. The molecule has 180 valence electrons. The van der Waals surface area contributed by atoms with Gasteiger partial charge in [0.1, 0.15) is 24.2 Å². The zero-order valence-corrected chi connectivity index (χ0v) is 18.2. The minimum absolute atomic E-state index is 0.0833. The van der Waals surface area contributed by atoms with Gasteiger partial charge in [0.15, 0.2) is 0 Å². The predicted molar refractivity (Wildman–Crippen MR) is 109 cm³/mol. The summed E-state index contributed by atoms with van der Waals surface area (Å²) in [6.07, 6.45) is -6.23. The monoisotopic (exact) mass is 492 g/mol. The number of ether oxygens (including phenoxy) is 2. The molecule has 0 saturated heterocycles. The Morgan fingerprint density at radius 1 is 1.21 bits per heavy atom. The van der Waals surface area contributed by atoms with Gasteiger partial charge in [-0.15, -0.1) is 0 Å². The molecule has 3 rings (SSSR count). The van der Waals surface area contributed by atoms with E-state index < -0.39 is 46.4 Å². The number of benzene rings is 2. The molecule has 0 bridgehead atoms. The van der Waals surface area contributed by atoms with Crippen LogP contribution in [0.15, 0.2) is 47.4 Å². The van der Waals surface area contributed by atoms with Crippen LogP contribution in [-0.2, 0) is 14.8 Å². The first-order chi connectivity index (χ1) is 15.3. The van der Waals surface area contributed by atoms with Crippen LogP contribution >= 0.6 is 0 Å². The number of halogens is 4. The molecule has 1 amide bonds. The highest BCUT2D eigenvalue weighted by atomic mass is 32.2. The summed E-state index contributed by atoms with van der Waals surface area (Å²) in [6, 6.07) is 6.69. The van der Waals surface area contributed by atoms with Crippen LogP contribution in [0, 0.1) is 5.82 Å². The second-order valence-corrected chi connectivity index (χ2v) is 9.42. The maximum absolute atomic E-state index is 13.3. The SMILES string of the molecule is CC(C)(OC(=O)Nc1ccc2c(c1)N(S(=O)(=O)c1ccc(F)cc1)C(CO)CO2)C(F)(F)F. The quantitative estimate of drug-likeness (QED) is 0.618. The number of aliphatic hydroxyl groups excluding tert-OH is 1. The minimum Gasteiger partial charge on any atom is -0.489 e. The fourth-order valence-corrected chi connectivity index (χ4v) is 4.57. The summed E-state index contributed by atoms with van der Waals surface area (Å²) in [6.45, 7) is 0.532. The van der Waals surface area contributed by atoms with Crippen molar-refractivity contribution >= 4 is 27.5 Å². The molecule has 0 spiro atoms. The number of aliphatic hydroxyl groups is 1. The Labute approximate surface area is 186 Å². The van der Waals surface area contributed by atoms with Gasteiger partial charge in [0, 0.05) is 5.69 Å². The van der Waals surface area contributed by atoms with Gasteiger partial charge >= 0.3 is 12.3 Å². The van der Waals surface area contributed by atoms with E-state index in [4.69, 9.17) is 4.74 Å². The third-order valence-corrected chi connectivity index (χ3v) is 6.70. The number of hydrogen-bond donors (Lipinski definition) is 2. The van der Waals surface area contributed by atoms with Crippen molar-refractivity contribution in [1.82, 2.24) is 0 Å². The van der Waals surface area contributed by atoms with E-state index in [-0.39, 0.29) is 28.6 Å². The number of nitrogens with zero attached hydrogens (tertiary/aromatic N) is 1. The molecule has 0 aromatic heterocycles. The Hall–Kier alpha value is -3.06. The molecule has 1 aliphatic rings. The molecule has 13 heteroatoms. The number of amides is 1. The van der Waals surface area contributed by atoms with Crippen molar-refractivity contribution in [1.29, 1.82) is 0 Å². The second kappa shape index (κ2) is 8.71. The largest absolute Gasteiger partial charge is 0.489 e. The molecule has 1 unspecified atom stereocenters. The number of alkyl halides is 3. The lowest BCUT2D eigenvalue weighted by molar-refractivity contribution is -0.242. The Kier molecular flexibility index (Phi) is 6.48. The van der Waals surface area contributed by atoms with E-state index in [1.807, 2.05) is 0 Å². The van der Waals surface area contributed by atoms with Crippen molar-refractivity contribution in [2.24, 2.45) is 0 Å². The second-order valence-electron chi connectivity index (χ2n) is 7.61. The molecule has 0 fully saturated rings. The van der Waals surface area contributed by atoms with Gasteiger partial charge in [-0.25, -0.2) is 17.6 Å². The van der Waals surface area contributed by atoms with Gasteiger partial charge in [0.05, 0.1) is 17.2 Å². The molecule has 0 aliphatic carbocycles. The van der Waals surface area contributed by atoms with Crippen molar-refractivity contribution in [3.8, 4) is 5.75 Å². The first kappa shape index (κ1) is 24.6. The van der Waals surface area contributed by atoms with E-state index in [2.05, 4.69) is 10.1 Å². The summed E-state index contributed by atoms with van der Waals surface area (Å²) in [5, 5.41) is 11.8. The van der Waals surface area contributed by atoms with E-state index in [1.165, 1.54) is 12.1 Å². The Bertz CT molecular complexity index is 1140. The molecule has 8 nitrogen and oxygen atoms in total. The van der Waals surface area contributed by atoms with E-state index in [0.29, 0.717) is 13.8 Å². The van der Waals surface area contributed by atoms with Crippen LogP contribution in [0.5, 0.6) is 5.75 Å². The van der Waals surface area contributed by atoms with Crippen molar-refractivity contribution in [3.63, 3.8) is 0 Å². The number of nitrogens with one attached hydrogen (secondary N) is 1. The maximum atomic E-state index is 13.3. The van der Waals surface area contributed by atoms with Crippen LogP contribution in [0.2, 0.25) is 0 Å². The molecule has 1 heterocycles. The van der Waals surface area contributed by atoms with Crippen LogP contribution in [0.3, 0.4) is 0 Å². The minimum atomic E-state index is -4.82. The van der Waals surface area contributed by atoms with Crippen LogP contribution in [0.4, 0.5) is 33.7 Å². The van der Waals surface area contributed by atoms with Crippen molar-refractivity contribution in [2.45, 2.75) is 36.6 Å². The van der Waals surface area contributed by atoms with Gasteiger partial charge in [-0.2, -0.15) is 13.2 Å². The maximum Gasteiger partial charge on any atom is 0.427 e. The molecule has 0 saturated carbocycles. The van der Waals surface area contributed by atoms with E-state index in [9.17, 15) is 35.9 Å². The molecule has 1 aliphatic heterocycles. The summed E-state index contributed by atoms with van der Waals surface area (Å²) >= 11 is 0. The highest BCUT2D eigenvalue weighted by Crippen LogP contribution is 2.40. The highest BCUT2D eigenvalue weighted by molar-refractivity contribution is 7.92. The van der Waals surface area contributed by atoms with Gasteiger partial charge in [-0.05, 0) is 56.3 Å². The summed E-state index contributed by atoms with van der Waals surface area (Å²) in [5.41, 5.74) is -2.94. The standard InChI is InChI=1S/C20H20F4N2O6S/c1-19(2,20(22,23)24)32-18(28)25-13-5-8-17-16(9-13)26(14(10-27)11-31-17)33(29,30)15-6-3-12(21)4-7-15/h3-9,14,27H,10-11H2,1-2H3,(H,25,28). The fourth-order valence-electron chi connectivity index (χ4n) is 2.95. The Morgan fingerprint density at radius 3 is 2.42 bits per heavy atom.